The second kappa shape index (κ2) is 9.77. The predicted molar refractivity (Wildman–Crippen MR) is 106 cm³/mol. The molecular formula is C18H28BrN5O. The molecule has 0 saturated carbocycles. The van der Waals surface area contributed by atoms with Crippen LogP contribution in [0.2, 0.25) is 0 Å². The number of halogens is 1. The van der Waals surface area contributed by atoms with Gasteiger partial charge in [-0.25, -0.2) is 0 Å². The fourth-order valence-electron chi connectivity index (χ4n) is 2.80. The summed E-state index contributed by atoms with van der Waals surface area (Å²) in [6.45, 7) is 8.65. The Bertz CT molecular complexity index is 580. The molecular weight excluding hydrogens is 382 g/mol. The molecule has 0 aliphatic carbocycles. The first-order valence-electron chi connectivity index (χ1n) is 8.69. The Morgan fingerprint density at radius 2 is 1.84 bits per heavy atom. The zero-order valence-electron chi connectivity index (χ0n) is 15.3. The number of aliphatic imine (C=N–C) groups is 1. The molecule has 0 atom stereocenters. The van der Waals surface area contributed by atoms with Gasteiger partial charge in [-0.3, -0.25) is 14.7 Å². The molecule has 1 aliphatic rings. The summed E-state index contributed by atoms with van der Waals surface area (Å²) in [5, 5.41) is 6.36. The number of guanidine groups is 1. The topological polar surface area (TPSA) is 60.0 Å². The largest absolute Gasteiger partial charge is 0.353 e. The minimum absolute atomic E-state index is 0.0983. The predicted octanol–water partition coefficient (Wildman–Crippen LogP) is 1.67. The van der Waals surface area contributed by atoms with Crippen molar-refractivity contribution >= 4 is 27.8 Å². The van der Waals surface area contributed by atoms with Gasteiger partial charge >= 0.3 is 0 Å². The van der Waals surface area contributed by atoms with Crippen LogP contribution in [0.1, 0.15) is 19.4 Å². The normalized spacial score (nSPS) is 16.2. The van der Waals surface area contributed by atoms with E-state index in [1.165, 1.54) is 5.56 Å². The molecule has 0 aromatic heterocycles. The molecule has 1 heterocycles. The zero-order chi connectivity index (χ0) is 18.2. The van der Waals surface area contributed by atoms with Crippen LogP contribution in [0.15, 0.2) is 33.7 Å². The van der Waals surface area contributed by atoms with Crippen LogP contribution in [0.25, 0.3) is 0 Å². The van der Waals surface area contributed by atoms with Gasteiger partial charge in [0.1, 0.15) is 0 Å². The smallest absolute Gasteiger partial charge is 0.234 e. The maximum absolute atomic E-state index is 11.9. The number of nitrogens with zero attached hydrogens (tertiary/aromatic N) is 3. The number of piperazine rings is 1. The monoisotopic (exact) mass is 409 g/mol. The van der Waals surface area contributed by atoms with Crippen molar-refractivity contribution in [1.82, 2.24) is 20.4 Å². The standard InChI is InChI=1S/C18H28BrN5O/c1-14(2)22-17(25)13-23-8-10-24(11-9-23)18(20-3)21-12-15-4-6-16(19)7-5-15/h4-7,14H,8-13H2,1-3H3,(H,20,21)(H,22,25). The first-order chi connectivity index (χ1) is 12.0. The van der Waals surface area contributed by atoms with Gasteiger partial charge in [-0.1, -0.05) is 28.1 Å². The minimum Gasteiger partial charge on any atom is -0.353 e. The van der Waals surface area contributed by atoms with E-state index in [1.54, 1.807) is 0 Å². The van der Waals surface area contributed by atoms with Gasteiger partial charge in [-0.15, -0.1) is 0 Å². The van der Waals surface area contributed by atoms with Crippen LogP contribution in [0.5, 0.6) is 0 Å². The Kier molecular flexibility index (Phi) is 7.71. The van der Waals surface area contributed by atoms with Crippen molar-refractivity contribution in [2.24, 2.45) is 4.99 Å². The Balaban J connectivity index is 1.77. The maximum atomic E-state index is 11.9. The molecule has 0 unspecified atom stereocenters. The lowest BCUT2D eigenvalue weighted by molar-refractivity contribution is -0.123. The molecule has 2 rings (SSSR count). The first-order valence-corrected chi connectivity index (χ1v) is 9.49. The lowest BCUT2D eigenvalue weighted by Crippen LogP contribution is -2.54. The van der Waals surface area contributed by atoms with Crippen molar-refractivity contribution in [3.63, 3.8) is 0 Å². The van der Waals surface area contributed by atoms with Gasteiger partial charge in [0.25, 0.3) is 0 Å². The van der Waals surface area contributed by atoms with Gasteiger partial charge < -0.3 is 15.5 Å². The molecule has 1 saturated heterocycles. The van der Waals surface area contributed by atoms with E-state index in [9.17, 15) is 4.79 Å². The summed E-state index contributed by atoms with van der Waals surface area (Å²) < 4.78 is 1.08. The molecule has 1 aromatic carbocycles. The summed E-state index contributed by atoms with van der Waals surface area (Å²) in [6.07, 6.45) is 0. The highest BCUT2D eigenvalue weighted by atomic mass is 79.9. The van der Waals surface area contributed by atoms with Crippen molar-refractivity contribution in [2.75, 3.05) is 39.8 Å². The summed E-state index contributed by atoms with van der Waals surface area (Å²) in [7, 11) is 1.81. The Morgan fingerprint density at radius 3 is 2.40 bits per heavy atom. The zero-order valence-corrected chi connectivity index (χ0v) is 16.8. The van der Waals surface area contributed by atoms with Gasteiger partial charge in [0.05, 0.1) is 6.54 Å². The first kappa shape index (κ1) is 19.7. The molecule has 7 heteroatoms. The number of hydrogen-bond donors (Lipinski definition) is 2. The van der Waals surface area contributed by atoms with E-state index < -0.39 is 0 Å². The maximum Gasteiger partial charge on any atom is 0.234 e. The average molecular weight is 410 g/mol. The molecule has 138 valence electrons. The Labute approximate surface area is 158 Å². The fraction of sp³-hybridized carbons (Fsp3) is 0.556. The molecule has 1 amide bonds. The van der Waals surface area contributed by atoms with E-state index >= 15 is 0 Å². The van der Waals surface area contributed by atoms with Crippen LogP contribution in [-0.2, 0) is 11.3 Å². The molecule has 25 heavy (non-hydrogen) atoms. The summed E-state index contributed by atoms with van der Waals surface area (Å²) in [5.41, 5.74) is 1.22. The highest BCUT2D eigenvalue weighted by molar-refractivity contribution is 9.10. The van der Waals surface area contributed by atoms with Gasteiger partial charge in [-0.2, -0.15) is 0 Å². The van der Waals surface area contributed by atoms with E-state index in [2.05, 4.69) is 53.5 Å². The van der Waals surface area contributed by atoms with Crippen LogP contribution < -0.4 is 10.6 Å². The molecule has 6 nitrogen and oxygen atoms in total. The van der Waals surface area contributed by atoms with Crippen LogP contribution in [0, 0.1) is 0 Å². The summed E-state index contributed by atoms with van der Waals surface area (Å²) >= 11 is 3.45. The van der Waals surface area contributed by atoms with Gasteiger partial charge in [0.2, 0.25) is 5.91 Å². The molecule has 0 spiro atoms. The van der Waals surface area contributed by atoms with E-state index in [-0.39, 0.29) is 11.9 Å². The number of nitrogens with one attached hydrogen (secondary N) is 2. The summed E-state index contributed by atoms with van der Waals surface area (Å²) in [4.78, 5) is 20.7. The van der Waals surface area contributed by atoms with Crippen LogP contribution in [-0.4, -0.2) is 67.5 Å². The highest BCUT2D eigenvalue weighted by Crippen LogP contribution is 2.10. The minimum atomic E-state index is 0.0983. The fourth-order valence-corrected chi connectivity index (χ4v) is 3.07. The molecule has 0 bridgehead atoms. The number of hydrogen-bond acceptors (Lipinski definition) is 3. The van der Waals surface area contributed by atoms with Crippen molar-refractivity contribution in [1.29, 1.82) is 0 Å². The lowest BCUT2D eigenvalue weighted by Gasteiger charge is -2.36. The average Bonchev–Trinajstić information content (AvgIpc) is 2.57. The number of carbonyl (C=O) groups excluding carboxylic acids is 1. The quantitative estimate of drug-likeness (QED) is 0.573. The highest BCUT2D eigenvalue weighted by Gasteiger charge is 2.21. The Hall–Kier alpha value is -1.60. The van der Waals surface area contributed by atoms with Crippen molar-refractivity contribution in [3.8, 4) is 0 Å². The number of carbonyl (C=O) groups is 1. The molecule has 2 N–H and O–H groups in total. The van der Waals surface area contributed by atoms with Gasteiger partial charge in [-0.05, 0) is 31.5 Å². The molecule has 1 aromatic rings. The third-order valence-electron chi connectivity index (χ3n) is 4.06. The van der Waals surface area contributed by atoms with Gasteiger partial charge in [0.15, 0.2) is 5.96 Å². The van der Waals surface area contributed by atoms with E-state index in [0.29, 0.717) is 6.54 Å². The third kappa shape index (κ3) is 6.66. The van der Waals surface area contributed by atoms with Crippen molar-refractivity contribution in [3.05, 3.63) is 34.3 Å². The van der Waals surface area contributed by atoms with Crippen LogP contribution >= 0.6 is 15.9 Å². The van der Waals surface area contributed by atoms with Crippen LogP contribution in [0.4, 0.5) is 0 Å². The second-order valence-electron chi connectivity index (χ2n) is 6.51. The SMILES string of the molecule is CN=C(NCc1ccc(Br)cc1)N1CCN(CC(=O)NC(C)C)CC1. The van der Waals surface area contributed by atoms with Crippen molar-refractivity contribution in [2.45, 2.75) is 26.4 Å². The molecule has 0 radical (unpaired) electrons. The van der Waals surface area contributed by atoms with Crippen molar-refractivity contribution < 1.29 is 4.79 Å². The molecule has 1 aliphatic heterocycles. The molecule has 1 fully saturated rings. The van der Waals surface area contributed by atoms with Crippen LogP contribution in [0.3, 0.4) is 0 Å². The number of amides is 1. The number of benzene rings is 1. The summed E-state index contributed by atoms with van der Waals surface area (Å²) in [6, 6.07) is 8.46. The van der Waals surface area contributed by atoms with Gasteiger partial charge in [0, 0.05) is 50.3 Å². The van der Waals surface area contributed by atoms with E-state index in [0.717, 1.165) is 43.2 Å². The number of rotatable bonds is 5. The van der Waals surface area contributed by atoms with E-state index in [4.69, 9.17) is 0 Å². The van der Waals surface area contributed by atoms with E-state index in [1.807, 2.05) is 33.0 Å². The lowest BCUT2D eigenvalue weighted by atomic mass is 10.2. The Morgan fingerprint density at radius 1 is 1.20 bits per heavy atom. The summed E-state index contributed by atoms with van der Waals surface area (Å²) in [5.74, 6) is 1.01. The second-order valence-corrected chi connectivity index (χ2v) is 7.43. The third-order valence-corrected chi connectivity index (χ3v) is 4.59.